The first kappa shape index (κ1) is 41.6. The van der Waals surface area contributed by atoms with Gasteiger partial charge in [0.25, 0.3) is 0 Å². The Labute approximate surface area is 336 Å². The summed E-state index contributed by atoms with van der Waals surface area (Å²) in [4.78, 5) is 17.0. The van der Waals surface area contributed by atoms with Crippen LogP contribution < -0.4 is 20.5 Å². The molecule has 0 bridgehead atoms. The molecule has 54 heavy (non-hydrogen) atoms. The van der Waals surface area contributed by atoms with E-state index in [1.54, 1.807) is 17.1 Å². The van der Waals surface area contributed by atoms with Crippen LogP contribution in [0.4, 0.5) is 16.2 Å². The number of nitrogen functional groups attached to an aromatic ring is 1. The zero-order valence-corrected chi connectivity index (χ0v) is 35.3. The van der Waals surface area contributed by atoms with Crippen molar-refractivity contribution in [3.8, 4) is 34.0 Å². The molecular formula is C40H56Br2N8O4. The van der Waals surface area contributed by atoms with Crippen LogP contribution in [0.5, 0.6) is 11.5 Å². The van der Waals surface area contributed by atoms with Crippen LogP contribution in [0.2, 0.25) is 0 Å². The van der Waals surface area contributed by atoms with Gasteiger partial charge in [-0.05, 0) is 134 Å². The van der Waals surface area contributed by atoms with Crippen molar-refractivity contribution >= 4 is 49.3 Å². The SMILES string of the molecule is CC(C)OC(=O)Nc1ccc(OCCN2CCCCCC2)c(-c2c(Br)cnn2C)c1.Cn1ncc(Br)c1-c1cc(N)ccc1OCCN1CCCCCC1. The summed E-state index contributed by atoms with van der Waals surface area (Å²) >= 11 is 7.14. The molecule has 2 aliphatic rings. The summed E-state index contributed by atoms with van der Waals surface area (Å²) in [5.41, 5.74) is 11.1. The van der Waals surface area contributed by atoms with Crippen molar-refractivity contribution in [3.05, 3.63) is 57.7 Å². The summed E-state index contributed by atoms with van der Waals surface area (Å²) in [7, 11) is 3.80. The van der Waals surface area contributed by atoms with Gasteiger partial charge >= 0.3 is 6.09 Å². The molecule has 294 valence electrons. The summed E-state index contributed by atoms with van der Waals surface area (Å²) in [5.74, 6) is 1.61. The standard InChI is InChI=1S/C22H31BrN4O3.C18H25BrN4O/c1-16(2)30-22(28)25-17-8-9-20(18(14-17)21-19(23)15-24-26(21)3)29-13-12-27-10-6-4-5-7-11-27;1-22-18(16(19)13-21-22)15-12-14(20)6-7-17(15)24-11-10-23-8-4-2-3-5-9-23/h8-9,14-16H,4-7,10-13H2,1-3H3,(H,25,28);6-7,12-13H,2-5,8-11,20H2,1H3. The number of anilines is 2. The molecule has 6 rings (SSSR count). The molecule has 2 aromatic heterocycles. The van der Waals surface area contributed by atoms with Crippen molar-refractivity contribution in [3.63, 3.8) is 0 Å². The second-order valence-electron chi connectivity index (χ2n) is 14.2. The van der Waals surface area contributed by atoms with Gasteiger partial charge in [0.1, 0.15) is 24.7 Å². The van der Waals surface area contributed by atoms with E-state index in [4.69, 9.17) is 19.9 Å². The molecule has 0 aliphatic carbocycles. The minimum atomic E-state index is -0.477. The van der Waals surface area contributed by atoms with E-state index in [0.29, 0.717) is 18.9 Å². The fourth-order valence-corrected chi connectivity index (χ4v) is 7.98. The molecule has 0 spiro atoms. The van der Waals surface area contributed by atoms with E-state index in [0.717, 1.165) is 74.8 Å². The Balaban J connectivity index is 0.000000213. The number of ether oxygens (including phenoxy) is 3. The summed E-state index contributed by atoms with van der Waals surface area (Å²) < 4.78 is 22.9. The zero-order chi connectivity index (χ0) is 38.5. The number of nitrogens with zero attached hydrogens (tertiary/aromatic N) is 6. The lowest BCUT2D eigenvalue weighted by Crippen LogP contribution is -2.29. The number of rotatable bonds is 12. The molecule has 2 aromatic carbocycles. The molecule has 4 heterocycles. The summed E-state index contributed by atoms with van der Waals surface area (Å²) in [5, 5.41) is 11.4. The van der Waals surface area contributed by atoms with Crippen molar-refractivity contribution in [1.29, 1.82) is 0 Å². The highest BCUT2D eigenvalue weighted by Crippen LogP contribution is 2.38. The smallest absolute Gasteiger partial charge is 0.411 e. The monoisotopic (exact) mass is 870 g/mol. The van der Waals surface area contributed by atoms with Crippen molar-refractivity contribution in [2.75, 3.05) is 63.5 Å². The average molecular weight is 873 g/mol. The Morgan fingerprint density at radius 2 is 1.20 bits per heavy atom. The predicted molar refractivity (Wildman–Crippen MR) is 223 cm³/mol. The number of amides is 1. The van der Waals surface area contributed by atoms with Crippen LogP contribution in [0.3, 0.4) is 0 Å². The zero-order valence-electron chi connectivity index (χ0n) is 32.2. The van der Waals surface area contributed by atoms with Gasteiger partial charge in [0, 0.05) is 49.7 Å². The van der Waals surface area contributed by atoms with E-state index >= 15 is 0 Å². The first-order chi connectivity index (χ1) is 26.1. The topological polar surface area (TPSA) is 125 Å². The van der Waals surface area contributed by atoms with Gasteiger partial charge in [0.05, 0.1) is 38.8 Å². The van der Waals surface area contributed by atoms with E-state index in [1.165, 1.54) is 64.5 Å². The highest BCUT2D eigenvalue weighted by atomic mass is 79.9. The highest BCUT2D eigenvalue weighted by molar-refractivity contribution is 9.11. The van der Waals surface area contributed by atoms with Crippen LogP contribution in [0.15, 0.2) is 57.7 Å². The van der Waals surface area contributed by atoms with Crippen LogP contribution in [-0.2, 0) is 18.8 Å². The van der Waals surface area contributed by atoms with Gasteiger partial charge in [-0.3, -0.25) is 24.5 Å². The largest absolute Gasteiger partial charge is 0.492 e. The molecule has 0 atom stereocenters. The number of hydrogen-bond acceptors (Lipinski definition) is 9. The number of hydrogen-bond donors (Lipinski definition) is 2. The first-order valence-corrected chi connectivity index (χ1v) is 20.7. The third kappa shape index (κ3) is 12.2. The van der Waals surface area contributed by atoms with Gasteiger partial charge < -0.3 is 19.9 Å². The number of nitrogens with two attached hydrogens (primary N) is 1. The van der Waals surface area contributed by atoms with Gasteiger partial charge in [0.2, 0.25) is 0 Å². The third-order valence-electron chi connectivity index (χ3n) is 9.60. The van der Waals surface area contributed by atoms with Crippen LogP contribution in [0.25, 0.3) is 22.5 Å². The van der Waals surface area contributed by atoms with Gasteiger partial charge in [0.15, 0.2) is 0 Å². The number of aryl methyl sites for hydroxylation is 2. The number of carbonyl (C=O) groups is 1. The van der Waals surface area contributed by atoms with Crippen molar-refractivity contribution in [1.82, 2.24) is 29.4 Å². The molecule has 0 saturated carbocycles. The summed E-state index contributed by atoms with van der Waals surface area (Å²) in [6.07, 6.45) is 13.4. The molecule has 12 nitrogen and oxygen atoms in total. The van der Waals surface area contributed by atoms with E-state index in [2.05, 4.69) is 57.2 Å². The normalized spacial score (nSPS) is 15.5. The maximum absolute atomic E-state index is 12.0. The minimum Gasteiger partial charge on any atom is -0.492 e. The Morgan fingerprint density at radius 1 is 0.741 bits per heavy atom. The second-order valence-corrected chi connectivity index (χ2v) is 15.9. The minimum absolute atomic E-state index is 0.183. The van der Waals surface area contributed by atoms with Crippen molar-refractivity contribution in [2.24, 2.45) is 14.1 Å². The quantitative estimate of drug-likeness (QED) is 0.135. The maximum Gasteiger partial charge on any atom is 0.411 e. The first-order valence-electron chi connectivity index (χ1n) is 19.2. The van der Waals surface area contributed by atoms with Crippen LogP contribution >= 0.6 is 31.9 Å². The Kier molecular flexibility index (Phi) is 16.1. The Morgan fingerprint density at radius 3 is 1.65 bits per heavy atom. The Hall–Kier alpha value is -3.59. The summed E-state index contributed by atoms with van der Waals surface area (Å²) in [6.45, 7) is 11.5. The number of likely N-dealkylation sites (tertiary alicyclic amines) is 2. The summed E-state index contributed by atoms with van der Waals surface area (Å²) in [6, 6.07) is 11.4. The molecule has 2 saturated heterocycles. The van der Waals surface area contributed by atoms with E-state index in [9.17, 15) is 4.79 Å². The fraction of sp³-hybridized carbons (Fsp3) is 0.525. The lowest BCUT2D eigenvalue weighted by molar-refractivity contribution is 0.130. The van der Waals surface area contributed by atoms with E-state index < -0.39 is 6.09 Å². The highest BCUT2D eigenvalue weighted by Gasteiger charge is 2.19. The predicted octanol–water partition coefficient (Wildman–Crippen LogP) is 8.75. The van der Waals surface area contributed by atoms with Crippen molar-refractivity contribution in [2.45, 2.75) is 71.3 Å². The second kappa shape index (κ2) is 20.9. The average Bonchev–Trinajstić information content (AvgIpc) is 3.39. The number of carbonyl (C=O) groups excluding carboxylic acids is 1. The molecule has 14 heteroatoms. The van der Waals surface area contributed by atoms with E-state index in [-0.39, 0.29) is 6.10 Å². The van der Waals surface area contributed by atoms with Crippen molar-refractivity contribution < 1.29 is 19.0 Å². The van der Waals surface area contributed by atoms with Crippen LogP contribution in [-0.4, -0.2) is 94.0 Å². The fourth-order valence-electron chi connectivity index (χ4n) is 6.85. The molecule has 2 aliphatic heterocycles. The third-order valence-corrected chi connectivity index (χ3v) is 10.8. The maximum atomic E-state index is 12.0. The molecule has 3 N–H and O–H groups in total. The molecule has 4 aromatic rings. The molecule has 0 unspecified atom stereocenters. The van der Waals surface area contributed by atoms with Gasteiger partial charge in [-0.2, -0.15) is 10.2 Å². The van der Waals surface area contributed by atoms with Crippen LogP contribution in [0.1, 0.15) is 65.2 Å². The number of halogens is 2. The number of aromatic nitrogens is 4. The van der Waals surface area contributed by atoms with Gasteiger partial charge in [-0.15, -0.1) is 0 Å². The molecule has 1 amide bonds. The van der Waals surface area contributed by atoms with Gasteiger partial charge in [-0.1, -0.05) is 25.7 Å². The number of benzene rings is 2. The molecular weight excluding hydrogens is 816 g/mol. The van der Waals surface area contributed by atoms with E-state index in [1.807, 2.05) is 69.0 Å². The lowest BCUT2D eigenvalue weighted by atomic mass is 10.1. The molecule has 2 fully saturated rings. The Bertz CT molecular complexity index is 1740. The van der Waals surface area contributed by atoms with Gasteiger partial charge in [-0.25, -0.2) is 4.79 Å². The van der Waals surface area contributed by atoms with Crippen LogP contribution in [0, 0.1) is 0 Å². The number of nitrogens with one attached hydrogen (secondary N) is 1. The lowest BCUT2D eigenvalue weighted by Gasteiger charge is -2.21. The molecule has 0 radical (unpaired) electrons.